The predicted octanol–water partition coefficient (Wildman–Crippen LogP) is 3.33. The maximum atomic E-state index is 12.6. The molecule has 0 aliphatic rings. The maximum Gasteiger partial charge on any atom is 0.125 e. The summed E-state index contributed by atoms with van der Waals surface area (Å²) in [6.45, 7) is 2.08. The van der Waals surface area contributed by atoms with Gasteiger partial charge in [-0.3, -0.25) is 4.99 Å². The molecular weight excluding hydrogens is 153 g/mol. The van der Waals surface area contributed by atoms with Crippen molar-refractivity contribution in [3.8, 4) is 0 Å². The second-order valence-corrected chi connectivity index (χ2v) is 2.58. The van der Waals surface area contributed by atoms with Crippen molar-refractivity contribution in [1.29, 1.82) is 0 Å². The Bertz CT molecular complexity index is 268. The standard InChI is InChI=1S/C10H12FN/c1-2-3-7-12-10-6-4-5-9(11)8-10/h4-8H,2-3H2,1H3. The third-order valence-electron chi connectivity index (χ3n) is 1.47. The van der Waals surface area contributed by atoms with E-state index in [2.05, 4.69) is 11.9 Å². The van der Waals surface area contributed by atoms with Gasteiger partial charge >= 0.3 is 0 Å². The fraction of sp³-hybridized carbons (Fsp3) is 0.300. The number of hydrogen-bond acceptors (Lipinski definition) is 1. The summed E-state index contributed by atoms with van der Waals surface area (Å²) in [6, 6.07) is 6.29. The molecule has 1 aromatic rings. The summed E-state index contributed by atoms with van der Waals surface area (Å²) in [5, 5.41) is 0. The lowest BCUT2D eigenvalue weighted by atomic mass is 10.3. The Morgan fingerprint density at radius 3 is 3.00 bits per heavy atom. The van der Waals surface area contributed by atoms with Gasteiger partial charge in [0.1, 0.15) is 5.82 Å². The van der Waals surface area contributed by atoms with Crippen molar-refractivity contribution < 1.29 is 4.39 Å². The Labute approximate surface area is 72.0 Å². The minimum absolute atomic E-state index is 0.235. The molecule has 0 atom stereocenters. The first-order chi connectivity index (χ1) is 5.83. The van der Waals surface area contributed by atoms with Crippen LogP contribution in [0.5, 0.6) is 0 Å². The third-order valence-corrected chi connectivity index (χ3v) is 1.47. The molecule has 0 aromatic heterocycles. The molecule has 0 fully saturated rings. The van der Waals surface area contributed by atoms with Crippen molar-refractivity contribution in [2.24, 2.45) is 4.99 Å². The molecule has 2 heteroatoms. The SMILES string of the molecule is CCCC=Nc1cccc(F)c1. The van der Waals surface area contributed by atoms with Crippen LogP contribution in [0, 0.1) is 5.82 Å². The van der Waals surface area contributed by atoms with E-state index in [0.29, 0.717) is 5.69 Å². The molecule has 0 bridgehead atoms. The fourth-order valence-corrected chi connectivity index (χ4v) is 0.855. The first-order valence-electron chi connectivity index (χ1n) is 4.11. The van der Waals surface area contributed by atoms with E-state index in [1.807, 2.05) is 6.21 Å². The number of halogens is 1. The first kappa shape index (κ1) is 8.91. The van der Waals surface area contributed by atoms with E-state index < -0.39 is 0 Å². The number of benzene rings is 1. The summed E-state index contributed by atoms with van der Waals surface area (Å²) >= 11 is 0. The van der Waals surface area contributed by atoms with Gasteiger partial charge in [0.15, 0.2) is 0 Å². The van der Waals surface area contributed by atoms with E-state index in [0.717, 1.165) is 12.8 Å². The molecule has 0 aliphatic heterocycles. The molecule has 0 saturated heterocycles. The summed E-state index contributed by atoms with van der Waals surface area (Å²) < 4.78 is 12.6. The predicted molar refractivity (Wildman–Crippen MR) is 49.5 cm³/mol. The molecule has 1 nitrogen and oxygen atoms in total. The zero-order chi connectivity index (χ0) is 8.81. The van der Waals surface area contributed by atoms with Gasteiger partial charge in [-0.1, -0.05) is 19.4 Å². The van der Waals surface area contributed by atoms with Crippen molar-refractivity contribution >= 4 is 11.9 Å². The lowest BCUT2D eigenvalue weighted by Gasteiger charge is -1.92. The van der Waals surface area contributed by atoms with Crippen LogP contribution in [0.15, 0.2) is 29.3 Å². The van der Waals surface area contributed by atoms with Crippen LogP contribution in [0.25, 0.3) is 0 Å². The van der Waals surface area contributed by atoms with Crippen molar-refractivity contribution in [3.05, 3.63) is 30.1 Å². The van der Waals surface area contributed by atoms with Crippen molar-refractivity contribution in [2.45, 2.75) is 19.8 Å². The van der Waals surface area contributed by atoms with Crippen LogP contribution in [-0.4, -0.2) is 6.21 Å². The normalized spacial score (nSPS) is 10.8. The quantitative estimate of drug-likeness (QED) is 0.609. The molecule has 0 spiro atoms. The molecule has 0 unspecified atom stereocenters. The van der Waals surface area contributed by atoms with Gasteiger partial charge in [-0.2, -0.15) is 0 Å². The maximum absolute atomic E-state index is 12.6. The molecule has 1 aromatic carbocycles. The van der Waals surface area contributed by atoms with Crippen molar-refractivity contribution in [3.63, 3.8) is 0 Å². The zero-order valence-corrected chi connectivity index (χ0v) is 7.13. The highest BCUT2D eigenvalue weighted by atomic mass is 19.1. The second kappa shape index (κ2) is 4.65. The zero-order valence-electron chi connectivity index (χ0n) is 7.13. The number of aliphatic imine (C=N–C) groups is 1. The number of nitrogens with zero attached hydrogens (tertiary/aromatic N) is 1. The Morgan fingerprint density at radius 2 is 2.33 bits per heavy atom. The van der Waals surface area contributed by atoms with Crippen molar-refractivity contribution in [2.75, 3.05) is 0 Å². The molecule has 0 amide bonds. The summed E-state index contributed by atoms with van der Waals surface area (Å²) in [7, 11) is 0. The molecule has 0 N–H and O–H groups in total. The average Bonchev–Trinajstić information content (AvgIpc) is 2.05. The van der Waals surface area contributed by atoms with Crippen LogP contribution in [-0.2, 0) is 0 Å². The highest BCUT2D eigenvalue weighted by molar-refractivity contribution is 5.62. The third kappa shape index (κ3) is 2.82. The van der Waals surface area contributed by atoms with E-state index in [4.69, 9.17) is 0 Å². The summed E-state index contributed by atoms with van der Waals surface area (Å²) in [5.74, 6) is -0.235. The minimum Gasteiger partial charge on any atom is -0.261 e. The van der Waals surface area contributed by atoms with Gasteiger partial charge in [0.05, 0.1) is 5.69 Å². The van der Waals surface area contributed by atoms with E-state index in [1.165, 1.54) is 12.1 Å². The van der Waals surface area contributed by atoms with Gasteiger partial charge in [-0.25, -0.2) is 4.39 Å². The van der Waals surface area contributed by atoms with Gasteiger partial charge in [-0.05, 0) is 24.6 Å². The molecule has 0 saturated carbocycles. The summed E-state index contributed by atoms with van der Waals surface area (Å²) in [4.78, 5) is 4.09. The minimum atomic E-state index is -0.235. The number of rotatable bonds is 3. The van der Waals surface area contributed by atoms with Gasteiger partial charge in [0.2, 0.25) is 0 Å². The first-order valence-corrected chi connectivity index (χ1v) is 4.11. The Balaban J connectivity index is 2.63. The van der Waals surface area contributed by atoms with Crippen LogP contribution >= 0.6 is 0 Å². The molecule has 0 radical (unpaired) electrons. The molecule has 12 heavy (non-hydrogen) atoms. The van der Waals surface area contributed by atoms with E-state index >= 15 is 0 Å². The van der Waals surface area contributed by atoms with Gasteiger partial charge in [0.25, 0.3) is 0 Å². The Morgan fingerprint density at radius 1 is 1.50 bits per heavy atom. The molecule has 0 heterocycles. The second-order valence-electron chi connectivity index (χ2n) is 2.58. The van der Waals surface area contributed by atoms with Gasteiger partial charge in [-0.15, -0.1) is 0 Å². The van der Waals surface area contributed by atoms with Crippen LogP contribution in [0.3, 0.4) is 0 Å². The summed E-state index contributed by atoms with van der Waals surface area (Å²) in [6.07, 6.45) is 3.82. The lowest BCUT2D eigenvalue weighted by molar-refractivity contribution is 0.628. The number of unbranched alkanes of at least 4 members (excludes halogenated alkanes) is 1. The van der Waals surface area contributed by atoms with Gasteiger partial charge in [0, 0.05) is 6.21 Å². The van der Waals surface area contributed by atoms with Crippen LogP contribution in [0.2, 0.25) is 0 Å². The largest absolute Gasteiger partial charge is 0.261 e. The highest BCUT2D eigenvalue weighted by Gasteiger charge is 1.89. The Kier molecular flexibility index (Phi) is 3.45. The lowest BCUT2D eigenvalue weighted by Crippen LogP contribution is -1.74. The van der Waals surface area contributed by atoms with E-state index in [-0.39, 0.29) is 5.82 Å². The molecule has 64 valence electrons. The molecular formula is C10H12FN. The topological polar surface area (TPSA) is 12.4 Å². The Hall–Kier alpha value is -1.18. The van der Waals surface area contributed by atoms with Crippen LogP contribution in [0.1, 0.15) is 19.8 Å². The van der Waals surface area contributed by atoms with Crippen LogP contribution in [0.4, 0.5) is 10.1 Å². The summed E-state index contributed by atoms with van der Waals surface area (Å²) in [5.41, 5.74) is 0.684. The van der Waals surface area contributed by atoms with Crippen molar-refractivity contribution in [1.82, 2.24) is 0 Å². The molecule has 1 rings (SSSR count). The average molecular weight is 165 g/mol. The van der Waals surface area contributed by atoms with Gasteiger partial charge < -0.3 is 0 Å². The van der Waals surface area contributed by atoms with E-state index in [9.17, 15) is 4.39 Å². The molecule has 0 aliphatic carbocycles. The number of hydrogen-bond donors (Lipinski definition) is 0. The van der Waals surface area contributed by atoms with E-state index in [1.54, 1.807) is 12.1 Å². The fourth-order valence-electron chi connectivity index (χ4n) is 0.855. The van der Waals surface area contributed by atoms with Crippen LogP contribution < -0.4 is 0 Å². The smallest absolute Gasteiger partial charge is 0.125 e. The highest BCUT2D eigenvalue weighted by Crippen LogP contribution is 2.12. The monoisotopic (exact) mass is 165 g/mol.